The molecule has 0 spiro atoms. The van der Waals surface area contributed by atoms with Crippen molar-refractivity contribution in [2.24, 2.45) is 7.05 Å². The fourth-order valence-electron chi connectivity index (χ4n) is 1.98. The zero-order valence-electron chi connectivity index (χ0n) is 14.1. The molecule has 6 heteroatoms. The second-order valence-electron chi connectivity index (χ2n) is 6.58. The molecule has 0 aliphatic heterocycles. The lowest BCUT2D eigenvalue weighted by Crippen LogP contribution is -2.46. The van der Waals surface area contributed by atoms with E-state index in [1.54, 1.807) is 17.1 Å². The van der Waals surface area contributed by atoms with Gasteiger partial charge in [-0.25, -0.2) is 4.68 Å². The number of aryl methyl sites for hydroxylation is 1. The third-order valence-electron chi connectivity index (χ3n) is 3.45. The molecule has 2 heterocycles. The van der Waals surface area contributed by atoms with Crippen LogP contribution in [-0.4, -0.2) is 29.9 Å². The highest BCUT2D eigenvalue weighted by Crippen LogP contribution is 2.23. The van der Waals surface area contributed by atoms with Crippen LogP contribution in [0.4, 0.5) is 16.3 Å². The average molecular weight is 302 g/mol. The zero-order chi connectivity index (χ0) is 16.5. The summed E-state index contributed by atoms with van der Waals surface area (Å²) in [5.41, 5.74) is 1.93. The summed E-state index contributed by atoms with van der Waals surface area (Å²) in [6, 6.07) is 5.48. The lowest BCUT2D eigenvalue weighted by Gasteiger charge is -2.13. The van der Waals surface area contributed by atoms with Gasteiger partial charge in [0.25, 0.3) is 0 Å². The lowest BCUT2D eigenvalue weighted by atomic mass is 9.92. The molecule has 2 aromatic rings. The number of nitrogens with one attached hydrogen (secondary N) is 1. The fourth-order valence-corrected chi connectivity index (χ4v) is 1.98. The Hall–Kier alpha value is -2.37. The van der Waals surface area contributed by atoms with Gasteiger partial charge < -0.3 is 4.90 Å². The van der Waals surface area contributed by atoms with Crippen molar-refractivity contribution < 1.29 is 9.36 Å². The van der Waals surface area contributed by atoms with E-state index in [9.17, 15) is 4.79 Å². The number of amides is 1. The number of rotatable bonds is 2. The van der Waals surface area contributed by atoms with Crippen molar-refractivity contribution in [1.29, 1.82) is 0 Å². The first kappa shape index (κ1) is 16.0. The highest BCUT2D eigenvalue weighted by atomic mass is 16.2. The zero-order valence-corrected chi connectivity index (χ0v) is 14.1. The van der Waals surface area contributed by atoms with Gasteiger partial charge in [-0.1, -0.05) is 20.8 Å². The summed E-state index contributed by atoms with van der Waals surface area (Å²) in [5.74, 6) is 0.680. The highest BCUT2D eigenvalue weighted by Gasteiger charge is 2.23. The van der Waals surface area contributed by atoms with E-state index in [0.717, 1.165) is 11.4 Å². The molecule has 0 saturated carbocycles. The van der Waals surface area contributed by atoms with Crippen LogP contribution in [0.5, 0.6) is 0 Å². The minimum absolute atomic E-state index is 0.0543. The van der Waals surface area contributed by atoms with Crippen molar-refractivity contribution in [2.45, 2.75) is 26.2 Å². The van der Waals surface area contributed by atoms with Crippen LogP contribution in [-0.2, 0) is 12.5 Å². The van der Waals surface area contributed by atoms with Crippen LogP contribution in [0.3, 0.4) is 0 Å². The summed E-state index contributed by atoms with van der Waals surface area (Å²) < 4.78 is 3.20. The number of hydrogen-bond donors (Lipinski definition) is 1. The Bertz CT molecular complexity index is 665. The van der Waals surface area contributed by atoms with E-state index in [1.165, 1.54) is 4.57 Å². The predicted molar refractivity (Wildman–Crippen MR) is 87.3 cm³/mol. The number of hydrogen-bond acceptors (Lipinski definition) is 3. The van der Waals surface area contributed by atoms with Gasteiger partial charge in [0.15, 0.2) is 0 Å². The normalized spacial score (nSPS) is 11.4. The molecule has 22 heavy (non-hydrogen) atoms. The van der Waals surface area contributed by atoms with E-state index < -0.39 is 0 Å². The van der Waals surface area contributed by atoms with Crippen molar-refractivity contribution in [3.05, 3.63) is 36.3 Å². The Kier molecular flexibility index (Phi) is 4.21. The molecule has 1 N–H and O–H groups in total. The molecule has 1 amide bonds. The number of anilines is 2. The van der Waals surface area contributed by atoms with Gasteiger partial charge in [-0.15, -0.1) is 0 Å². The van der Waals surface area contributed by atoms with Crippen molar-refractivity contribution in [1.82, 2.24) is 9.78 Å². The Morgan fingerprint density at radius 1 is 1.27 bits per heavy atom. The second-order valence-corrected chi connectivity index (χ2v) is 6.58. The Morgan fingerprint density at radius 3 is 2.32 bits per heavy atom. The van der Waals surface area contributed by atoms with E-state index in [2.05, 4.69) is 31.2 Å². The molecule has 2 aromatic heterocycles. The maximum atomic E-state index is 12.3. The average Bonchev–Trinajstić information content (AvgIpc) is 2.80. The molecule has 0 aliphatic carbocycles. The van der Waals surface area contributed by atoms with Crippen molar-refractivity contribution >= 4 is 17.5 Å². The van der Waals surface area contributed by atoms with Crippen LogP contribution in [0.1, 0.15) is 26.5 Å². The monoisotopic (exact) mass is 302 g/mol. The van der Waals surface area contributed by atoms with Crippen LogP contribution in [0.15, 0.2) is 30.6 Å². The van der Waals surface area contributed by atoms with E-state index in [0.29, 0.717) is 5.82 Å². The molecule has 0 fully saturated rings. The molecule has 0 aliphatic rings. The largest absolute Gasteiger partial charge is 0.502 e. The molecule has 0 bridgehead atoms. The Morgan fingerprint density at radius 2 is 1.86 bits per heavy atom. The lowest BCUT2D eigenvalue weighted by molar-refractivity contribution is -0.567. The maximum absolute atomic E-state index is 12.3. The van der Waals surface area contributed by atoms with E-state index in [4.69, 9.17) is 0 Å². The number of aromatic nitrogens is 3. The molecule has 2 rings (SSSR count). The first-order chi connectivity index (χ1) is 10.2. The Balaban J connectivity index is 2.17. The molecule has 0 atom stereocenters. The second kappa shape index (κ2) is 5.79. The minimum atomic E-state index is -0.214. The van der Waals surface area contributed by atoms with Gasteiger partial charge in [-0.2, -0.15) is 19.8 Å². The fraction of sp³-hybridized carbons (Fsp3) is 0.438. The van der Waals surface area contributed by atoms with Crippen LogP contribution in [0.25, 0.3) is 0 Å². The van der Waals surface area contributed by atoms with Crippen molar-refractivity contribution in [3.8, 4) is 0 Å². The highest BCUT2D eigenvalue weighted by molar-refractivity contribution is 5.81. The molecular formula is C16H24N5O+. The topological polar surface area (TPSA) is 54.0 Å². The van der Waals surface area contributed by atoms with Crippen LogP contribution in [0.2, 0.25) is 0 Å². The molecule has 0 aromatic carbocycles. The first-order valence-corrected chi connectivity index (χ1v) is 7.23. The van der Waals surface area contributed by atoms with E-state index in [-0.39, 0.29) is 11.4 Å². The molecule has 0 unspecified atom stereocenters. The van der Waals surface area contributed by atoms with Gasteiger partial charge in [0, 0.05) is 50.4 Å². The van der Waals surface area contributed by atoms with Crippen molar-refractivity contribution in [2.75, 3.05) is 24.3 Å². The van der Waals surface area contributed by atoms with Crippen LogP contribution >= 0.6 is 0 Å². The predicted octanol–water partition coefficient (Wildman–Crippen LogP) is 2.15. The number of carbonyl (C=O) groups is 1. The number of pyridine rings is 1. The van der Waals surface area contributed by atoms with Crippen molar-refractivity contribution in [3.63, 3.8) is 0 Å². The Labute approximate surface area is 131 Å². The number of nitrogens with zero attached hydrogens (tertiary/aromatic N) is 4. The van der Waals surface area contributed by atoms with E-state index in [1.807, 2.05) is 44.2 Å². The van der Waals surface area contributed by atoms with E-state index >= 15 is 0 Å². The SMILES string of the molecule is CN(C)c1cc[n+](C(=O)Nc2cc(C(C)(C)C)nn2C)cc1. The third-order valence-corrected chi connectivity index (χ3v) is 3.45. The van der Waals surface area contributed by atoms with Gasteiger partial charge >= 0.3 is 6.03 Å². The summed E-state index contributed by atoms with van der Waals surface area (Å²) in [7, 11) is 5.75. The molecule has 0 saturated heterocycles. The standard InChI is InChI=1S/C16H23N5O/c1-16(2,3)13-11-14(20(6)18-13)17-15(22)21-9-7-12(8-10-21)19(4)5/h7-11H,1-6H3/p+1. The summed E-state index contributed by atoms with van der Waals surface area (Å²) in [4.78, 5) is 14.3. The van der Waals surface area contributed by atoms with Crippen LogP contribution < -0.4 is 14.8 Å². The van der Waals surface area contributed by atoms with Gasteiger partial charge in [-0.3, -0.25) is 0 Å². The summed E-state index contributed by atoms with van der Waals surface area (Å²) in [6.45, 7) is 6.28. The molecule has 6 nitrogen and oxygen atoms in total. The third kappa shape index (κ3) is 3.44. The van der Waals surface area contributed by atoms with Gasteiger partial charge in [0.2, 0.25) is 5.82 Å². The summed E-state index contributed by atoms with van der Waals surface area (Å²) in [5, 5.41) is 7.33. The molecular weight excluding hydrogens is 278 g/mol. The summed E-state index contributed by atoms with van der Waals surface area (Å²) in [6.07, 6.45) is 3.48. The minimum Gasteiger partial charge on any atom is -0.377 e. The van der Waals surface area contributed by atoms with Gasteiger partial charge in [-0.05, 0) is 0 Å². The van der Waals surface area contributed by atoms with Crippen LogP contribution in [0, 0.1) is 0 Å². The smallest absolute Gasteiger partial charge is 0.377 e. The van der Waals surface area contributed by atoms with Gasteiger partial charge in [0.1, 0.15) is 12.4 Å². The van der Waals surface area contributed by atoms with Gasteiger partial charge in [0.05, 0.1) is 5.69 Å². The quantitative estimate of drug-likeness (QED) is 0.865. The maximum Gasteiger partial charge on any atom is 0.502 e. The molecule has 118 valence electrons. The summed E-state index contributed by atoms with van der Waals surface area (Å²) >= 11 is 0. The molecule has 0 radical (unpaired) electrons. The number of carbonyl (C=O) groups excluding carboxylic acids is 1. The first-order valence-electron chi connectivity index (χ1n) is 7.23.